The lowest BCUT2D eigenvalue weighted by atomic mass is 9.94. The molecule has 8 nitrogen and oxygen atoms in total. The van der Waals surface area contributed by atoms with Gasteiger partial charge in [-0.25, -0.2) is 26.7 Å². The molecule has 0 aromatic heterocycles. The van der Waals surface area contributed by atoms with Crippen LogP contribution in [0, 0.1) is 11.6 Å². The SMILES string of the molecule is O=C(O)COc1cccc2c1OC1CC(O)C(NS(=O)(=O)c3ccc(F)cc3F)C21. The van der Waals surface area contributed by atoms with Crippen molar-refractivity contribution in [2.75, 3.05) is 6.61 Å². The Morgan fingerprint density at radius 1 is 1.27 bits per heavy atom. The maximum absolute atomic E-state index is 14.0. The second-order valence-electron chi connectivity index (χ2n) is 7.06. The van der Waals surface area contributed by atoms with Crippen molar-refractivity contribution >= 4 is 16.0 Å². The van der Waals surface area contributed by atoms with Gasteiger partial charge in [-0.1, -0.05) is 12.1 Å². The first-order valence-corrected chi connectivity index (χ1v) is 10.5. The molecule has 2 aliphatic rings. The van der Waals surface area contributed by atoms with E-state index in [0.29, 0.717) is 11.6 Å². The summed E-state index contributed by atoms with van der Waals surface area (Å²) in [6, 6.07) is 5.83. The quantitative estimate of drug-likeness (QED) is 0.619. The number of carbonyl (C=O) groups is 1. The molecule has 11 heteroatoms. The molecule has 0 saturated heterocycles. The van der Waals surface area contributed by atoms with Crippen LogP contribution in [0.2, 0.25) is 0 Å². The van der Waals surface area contributed by atoms with Gasteiger partial charge in [-0.2, -0.15) is 0 Å². The first kappa shape index (κ1) is 20.5. The summed E-state index contributed by atoms with van der Waals surface area (Å²) in [5.74, 6) is -3.49. The zero-order valence-corrected chi connectivity index (χ0v) is 16.1. The number of sulfonamides is 1. The predicted octanol–water partition coefficient (Wildman–Crippen LogP) is 1.38. The molecule has 4 unspecified atom stereocenters. The van der Waals surface area contributed by atoms with Crippen LogP contribution < -0.4 is 14.2 Å². The molecular weight excluding hydrogens is 424 g/mol. The molecule has 0 bridgehead atoms. The second kappa shape index (κ2) is 7.49. The maximum atomic E-state index is 14.0. The summed E-state index contributed by atoms with van der Waals surface area (Å²) in [7, 11) is -4.41. The van der Waals surface area contributed by atoms with E-state index < -0.39 is 63.3 Å². The zero-order chi connectivity index (χ0) is 21.6. The van der Waals surface area contributed by atoms with Crippen LogP contribution in [0.1, 0.15) is 17.9 Å². The molecule has 0 amide bonds. The van der Waals surface area contributed by atoms with Crippen molar-refractivity contribution in [2.24, 2.45) is 0 Å². The molecule has 2 aromatic rings. The number of hydrogen-bond donors (Lipinski definition) is 3. The minimum absolute atomic E-state index is 0.0941. The van der Waals surface area contributed by atoms with Crippen molar-refractivity contribution in [1.82, 2.24) is 4.72 Å². The van der Waals surface area contributed by atoms with Gasteiger partial charge in [0.1, 0.15) is 22.6 Å². The van der Waals surface area contributed by atoms with Gasteiger partial charge < -0.3 is 19.7 Å². The Morgan fingerprint density at radius 2 is 2.03 bits per heavy atom. The summed E-state index contributed by atoms with van der Waals surface area (Å²) in [6.07, 6.45) is -1.61. The highest BCUT2D eigenvalue weighted by Gasteiger charge is 2.51. The number of fused-ring (bicyclic) bond motifs is 3. The Labute approximate surface area is 170 Å². The van der Waals surface area contributed by atoms with E-state index in [0.717, 1.165) is 12.1 Å². The molecule has 1 saturated carbocycles. The van der Waals surface area contributed by atoms with E-state index >= 15 is 0 Å². The summed E-state index contributed by atoms with van der Waals surface area (Å²) in [5.41, 5.74) is 0.534. The van der Waals surface area contributed by atoms with Crippen molar-refractivity contribution in [3.05, 3.63) is 53.6 Å². The van der Waals surface area contributed by atoms with Gasteiger partial charge in [-0.05, 0) is 18.2 Å². The van der Waals surface area contributed by atoms with Crippen molar-refractivity contribution in [1.29, 1.82) is 0 Å². The van der Waals surface area contributed by atoms with Gasteiger partial charge in [0.2, 0.25) is 10.0 Å². The third kappa shape index (κ3) is 3.59. The third-order valence-corrected chi connectivity index (χ3v) is 6.63. The Hall–Kier alpha value is -2.76. The first-order valence-electron chi connectivity index (χ1n) is 8.97. The highest BCUT2D eigenvalue weighted by Crippen LogP contribution is 2.51. The number of nitrogens with one attached hydrogen (secondary N) is 1. The van der Waals surface area contributed by atoms with Gasteiger partial charge in [-0.3, -0.25) is 0 Å². The monoisotopic (exact) mass is 441 g/mol. The van der Waals surface area contributed by atoms with Crippen LogP contribution in [-0.4, -0.2) is 49.5 Å². The van der Waals surface area contributed by atoms with Gasteiger partial charge >= 0.3 is 5.97 Å². The van der Waals surface area contributed by atoms with Crippen LogP contribution in [-0.2, 0) is 14.8 Å². The van der Waals surface area contributed by atoms with Gasteiger partial charge in [0.05, 0.1) is 12.1 Å². The molecule has 1 fully saturated rings. The van der Waals surface area contributed by atoms with Gasteiger partial charge in [-0.15, -0.1) is 0 Å². The number of para-hydroxylation sites is 1. The summed E-state index contributed by atoms with van der Waals surface area (Å²) < 4.78 is 65.9. The molecule has 1 aliphatic heterocycles. The smallest absolute Gasteiger partial charge is 0.341 e. The van der Waals surface area contributed by atoms with E-state index in [1.807, 2.05) is 0 Å². The van der Waals surface area contributed by atoms with E-state index in [1.54, 1.807) is 12.1 Å². The lowest BCUT2D eigenvalue weighted by molar-refractivity contribution is -0.139. The minimum Gasteiger partial charge on any atom is -0.485 e. The minimum atomic E-state index is -4.41. The van der Waals surface area contributed by atoms with E-state index in [2.05, 4.69) is 4.72 Å². The normalized spacial score (nSPS) is 24.8. The second-order valence-corrected chi connectivity index (χ2v) is 8.75. The number of halogens is 2. The molecule has 160 valence electrons. The topological polar surface area (TPSA) is 122 Å². The molecule has 30 heavy (non-hydrogen) atoms. The number of aliphatic carboxylic acids is 1. The summed E-state index contributed by atoms with van der Waals surface area (Å²) in [6.45, 7) is -0.586. The number of rotatable bonds is 6. The van der Waals surface area contributed by atoms with Gasteiger partial charge in [0, 0.05) is 24.0 Å². The average Bonchev–Trinajstić information content (AvgIpc) is 3.15. The number of carboxylic acids is 1. The Kier molecular flexibility index (Phi) is 5.12. The average molecular weight is 441 g/mol. The van der Waals surface area contributed by atoms with Crippen molar-refractivity contribution < 1.29 is 41.7 Å². The number of carboxylic acid groups (broad SMARTS) is 1. The van der Waals surface area contributed by atoms with E-state index in [-0.39, 0.29) is 17.9 Å². The van der Waals surface area contributed by atoms with Crippen molar-refractivity contribution in [3.63, 3.8) is 0 Å². The Morgan fingerprint density at radius 3 is 2.73 bits per heavy atom. The molecule has 4 rings (SSSR count). The van der Waals surface area contributed by atoms with Gasteiger partial charge in [0.25, 0.3) is 0 Å². The van der Waals surface area contributed by atoms with Crippen LogP contribution in [0.5, 0.6) is 11.5 Å². The zero-order valence-electron chi connectivity index (χ0n) is 15.3. The molecule has 4 atom stereocenters. The Balaban J connectivity index is 1.64. The van der Waals surface area contributed by atoms with E-state index in [4.69, 9.17) is 14.6 Å². The fourth-order valence-electron chi connectivity index (χ4n) is 3.93. The van der Waals surface area contributed by atoms with Crippen LogP contribution in [0.3, 0.4) is 0 Å². The number of benzene rings is 2. The van der Waals surface area contributed by atoms with E-state index in [1.165, 1.54) is 6.07 Å². The van der Waals surface area contributed by atoms with Crippen LogP contribution >= 0.6 is 0 Å². The molecule has 0 spiro atoms. The molecule has 1 heterocycles. The molecular formula is C19H17F2NO7S. The number of aliphatic hydroxyl groups is 1. The first-order chi connectivity index (χ1) is 14.2. The summed E-state index contributed by atoms with van der Waals surface area (Å²) in [4.78, 5) is 10.0. The predicted molar refractivity (Wildman–Crippen MR) is 97.8 cm³/mol. The Bertz CT molecular complexity index is 1110. The number of ether oxygens (including phenoxy) is 2. The highest BCUT2D eigenvalue weighted by atomic mass is 32.2. The van der Waals surface area contributed by atoms with Crippen LogP contribution in [0.4, 0.5) is 8.78 Å². The maximum Gasteiger partial charge on any atom is 0.341 e. The van der Waals surface area contributed by atoms with Crippen LogP contribution in [0.15, 0.2) is 41.3 Å². The van der Waals surface area contributed by atoms with E-state index in [9.17, 15) is 27.1 Å². The standard InChI is InChI=1S/C19H17F2NO7S/c20-9-4-5-15(11(21)6-9)30(26,27)22-18-12(23)7-14-17(18)10-2-1-3-13(19(10)29-14)28-8-16(24)25/h1-6,12,14,17-18,22-23H,7-8H2,(H,24,25). The largest absolute Gasteiger partial charge is 0.485 e. The number of hydrogen-bond acceptors (Lipinski definition) is 6. The fourth-order valence-corrected chi connectivity index (χ4v) is 5.28. The summed E-state index contributed by atoms with van der Waals surface area (Å²) in [5, 5.41) is 19.2. The lowest BCUT2D eigenvalue weighted by Crippen LogP contribution is -2.43. The highest BCUT2D eigenvalue weighted by molar-refractivity contribution is 7.89. The molecule has 3 N–H and O–H groups in total. The molecule has 1 aliphatic carbocycles. The molecule has 0 radical (unpaired) electrons. The third-order valence-electron chi connectivity index (χ3n) is 5.14. The van der Waals surface area contributed by atoms with Crippen molar-refractivity contribution in [3.8, 4) is 11.5 Å². The van der Waals surface area contributed by atoms with Gasteiger partial charge in [0.15, 0.2) is 18.1 Å². The number of aliphatic hydroxyl groups excluding tert-OH is 1. The lowest BCUT2D eigenvalue weighted by Gasteiger charge is -2.22. The molecule has 2 aromatic carbocycles. The van der Waals surface area contributed by atoms with Crippen molar-refractivity contribution in [2.45, 2.75) is 35.5 Å². The van der Waals surface area contributed by atoms with Crippen LogP contribution in [0.25, 0.3) is 0 Å². The summed E-state index contributed by atoms with van der Waals surface area (Å²) >= 11 is 0. The fraction of sp³-hybridized carbons (Fsp3) is 0.316.